The predicted octanol–water partition coefficient (Wildman–Crippen LogP) is 3.56. The number of ether oxygens (including phenoxy) is 3. The van der Waals surface area contributed by atoms with Gasteiger partial charge in [-0.15, -0.1) is 0 Å². The third-order valence-corrected chi connectivity index (χ3v) is 4.76. The number of methoxy groups -OCH3 is 3. The summed E-state index contributed by atoms with van der Waals surface area (Å²) in [5.41, 5.74) is 1.68. The molecule has 0 atom stereocenters. The zero-order chi connectivity index (χ0) is 21.8. The lowest BCUT2D eigenvalue weighted by atomic mass is 10.0. The molecule has 0 aromatic heterocycles. The average molecular weight is 410 g/mol. The Bertz CT molecular complexity index is 980. The highest BCUT2D eigenvalue weighted by atomic mass is 16.5. The zero-order valence-electron chi connectivity index (χ0n) is 17.8. The fraction of sp³-hybridized carbons (Fsp3) is 0.304. The lowest BCUT2D eigenvalue weighted by Crippen LogP contribution is -2.35. The van der Waals surface area contributed by atoms with Crippen molar-refractivity contribution in [2.24, 2.45) is 5.92 Å². The molecule has 0 aliphatic carbocycles. The van der Waals surface area contributed by atoms with Crippen molar-refractivity contribution in [2.45, 2.75) is 13.8 Å². The first-order valence-electron chi connectivity index (χ1n) is 9.63. The van der Waals surface area contributed by atoms with Gasteiger partial charge in [0.2, 0.25) is 0 Å². The maximum atomic E-state index is 13.2. The number of carbonyl (C=O) groups is 2. The Morgan fingerprint density at radius 3 is 2.07 bits per heavy atom. The quantitative estimate of drug-likeness (QED) is 0.671. The molecule has 30 heavy (non-hydrogen) atoms. The second-order valence-corrected chi connectivity index (χ2v) is 7.28. The van der Waals surface area contributed by atoms with Crippen molar-refractivity contribution in [3.8, 4) is 17.2 Å². The van der Waals surface area contributed by atoms with Crippen LogP contribution in [0.2, 0.25) is 0 Å². The number of hydrogen-bond donors (Lipinski definition) is 1. The largest absolute Gasteiger partial charge is 0.497 e. The van der Waals surface area contributed by atoms with Crippen molar-refractivity contribution in [1.29, 1.82) is 0 Å². The van der Waals surface area contributed by atoms with Crippen LogP contribution in [-0.2, 0) is 9.59 Å². The number of benzene rings is 2. The number of nitrogens with one attached hydrogen (secondary N) is 1. The molecule has 1 aliphatic rings. The summed E-state index contributed by atoms with van der Waals surface area (Å²) in [6.45, 7) is 4.26. The van der Waals surface area contributed by atoms with Gasteiger partial charge in [0.1, 0.15) is 22.9 Å². The Balaban J connectivity index is 2.10. The number of hydrogen-bond acceptors (Lipinski definition) is 6. The van der Waals surface area contributed by atoms with E-state index in [1.807, 2.05) is 13.8 Å². The van der Waals surface area contributed by atoms with Crippen LogP contribution in [0.25, 0.3) is 5.57 Å². The summed E-state index contributed by atoms with van der Waals surface area (Å²) in [5, 5.41) is 3.13. The van der Waals surface area contributed by atoms with E-state index in [-0.39, 0.29) is 23.4 Å². The van der Waals surface area contributed by atoms with Gasteiger partial charge in [-0.2, -0.15) is 0 Å². The molecular weight excluding hydrogens is 384 g/mol. The fourth-order valence-electron chi connectivity index (χ4n) is 3.29. The lowest BCUT2D eigenvalue weighted by molar-refractivity contribution is -0.137. The van der Waals surface area contributed by atoms with Crippen molar-refractivity contribution in [2.75, 3.05) is 33.2 Å². The second-order valence-electron chi connectivity index (χ2n) is 7.28. The van der Waals surface area contributed by atoms with E-state index in [0.717, 1.165) is 0 Å². The van der Waals surface area contributed by atoms with Gasteiger partial charge in [-0.1, -0.05) is 26.0 Å². The van der Waals surface area contributed by atoms with Crippen LogP contribution >= 0.6 is 0 Å². The summed E-state index contributed by atoms with van der Waals surface area (Å²) in [6, 6.07) is 12.3. The Morgan fingerprint density at radius 1 is 0.867 bits per heavy atom. The first-order chi connectivity index (χ1) is 14.4. The smallest absolute Gasteiger partial charge is 0.278 e. The van der Waals surface area contributed by atoms with Crippen LogP contribution in [-0.4, -0.2) is 44.6 Å². The number of rotatable bonds is 8. The molecule has 1 heterocycles. The number of imide groups is 1. The molecule has 2 amide bonds. The van der Waals surface area contributed by atoms with Crippen LogP contribution in [0.1, 0.15) is 19.4 Å². The number of carbonyl (C=O) groups excluding carboxylic acids is 2. The van der Waals surface area contributed by atoms with Gasteiger partial charge in [0.05, 0.1) is 32.6 Å². The molecule has 1 N–H and O–H groups in total. The maximum Gasteiger partial charge on any atom is 0.278 e. The van der Waals surface area contributed by atoms with Gasteiger partial charge in [0.25, 0.3) is 11.8 Å². The van der Waals surface area contributed by atoms with E-state index in [0.29, 0.717) is 40.6 Å². The van der Waals surface area contributed by atoms with Gasteiger partial charge in [0.15, 0.2) is 0 Å². The first-order valence-corrected chi connectivity index (χ1v) is 9.63. The Labute approximate surface area is 176 Å². The zero-order valence-corrected chi connectivity index (χ0v) is 17.8. The van der Waals surface area contributed by atoms with Crippen LogP contribution in [0.4, 0.5) is 5.69 Å². The minimum atomic E-state index is -0.371. The Kier molecular flexibility index (Phi) is 6.30. The van der Waals surface area contributed by atoms with Crippen LogP contribution in [0.3, 0.4) is 0 Å². The molecule has 0 bridgehead atoms. The Hall–Kier alpha value is -3.48. The maximum absolute atomic E-state index is 13.2. The molecule has 7 heteroatoms. The monoisotopic (exact) mass is 410 g/mol. The molecule has 0 spiro atoms. The van der Waals surface area contributed by atoms with Crippen molar-refractivity contribution in [3.63, 3.8) is 0 Å². The highest BCUT2D eigenvalue weighted by Gasteiger charge is 2.39. The van der Waals surface area contributed by atoms with E-state index in [1.54, 1.807) is 63.8 Å². The van der Waals surface area contributed by atoms with Gasteiger partial charge in [-0.05, 0) is 35.7 Å². The molecule has 0 unspecified atom stereocenters. The molecule has 3 rings (SSSR count). The van der Waals surface area contributed by atoms with Crippen LogP contribution in [0, 0.1) is 5.92 Å². The molecular formula is C23H26N2O5. The summed E-state index contributed by atoms with van der Waals surface area (Å²) in [4.78, 5) is 27.7. The minimum absolute atomic E-state index is 0.140. The van der Waals surface area contributed by atoms with Crippen molar-refractivity contribution >= 4 is 23.1 Å². The summed E-state index contributed by atoms with van der Waals surface area (Å²) in [7, 11) is 4.67. The molecule has 0 saturated carbocycles. The van der Waals surface area contributed by atoms with Crippen molar-refractivity contribution in [3.05, 3.63) is 53.7 Å². The normalized spacial score (nSPS) is 13.9. The average Bonchev–Trinajstić information content (AvgIpc) is 2.97. The summed E-state index contributed by atoms with van der Waals surface area (Å²) >= 11 is 0. The molecule has 1 aliphatic heterocycles. The molecule has 2 aromatic rings. The van der Waals surface area contributed by atoms with Crippen molar-refractivity contribution < 1.29 is 23.8 Å². The highest BCUT2D eigenvalue weighted by molar-refractivity contribution is 6.36. The summed E-state index contributed by atoms with van der Waals surface area (Å²) in [5.74, 6) is 1.23. The highest BCUT2D eigenvalue weighted by Crippen LogP contribution is 2.35. The molecule has 0 fully saturated rings. The third kappa shape index (κ3) is 4.10. The standard InChI is InChI=1S/C23H26N2O5/c1-14(2)13-25-22(26)20(15-6-8-16(28-3)9-7-15)21(23(25)27)24-18-12-17(29-4)10-11-19(18)30-5/h6-12,14,24H,13H2,1-5H3. The van der Waals surface area contributed by atoms with E-state index in [2.05, 4.69) is 5.32 Å². The van der Waals surface area contributed by atoms with Crippen LogP contribution in [0.15, 0.2) is 48.2 Å². The number of anilines is 1. The van der Waals surface area contributed by atoms with Gasteiger partial charge in [-0.25, -0.2) is 0 Å². The van der Waals surface area contributed by atoms with E-state index in [4.69, 9.17) is 14.2 Å². The van der Waals surface area contributed by atoms with Crippen LogP contribution < -0.4 is 19.5 Å². The third-order valence-electron chi connectivity index (χ3n) is 4.76. The van der Waals surface area contributed by atoms with Gasteiger partial charge in [0, 0.05) is 12.6 Å². The SMILES string of the molecule is COc1ccc(C2=C(Nc3cc(OC)ccc3OC)C(=O)N(CC(C)C)C2=O)cc1. The number of nitrogens with zero attached hydrogens (tertiary/aromatic N) is 1. The van der Waals surface area contributed by atoms with Crippen LogP contribution in [0.5, 0.6) is 17.2 Å². The van der Waals surface area contributed by atoms with E-state index >= 15 is 0 Å². The first kappa shape index (κ1) is 21.2. The van der Waals surface area contributed by atoms with E-state index in [1.165, 1.54) is 4.90 Å². The van der Waals surface area contributed by atoms with Gasteiger partial charge >= 0.3 is 0 Å². The van der Waals surface area contributed by atoms with Crippen molar-refractivity contribution in [1.82, 2.24) is 4.90 Å². The fourth-order valence-corrected chi connectivity index (χ4v) is 3.29. The molecule has 0 saturated heterocycles. The molecule has 2 aromatic carbocycles. The van der Waals surface area contributed by atoms with Gasteiger partial charge in [-0.3, -0.25) is 14.5 Å². The topological polar surface area (TPSA) is 77.1 Å². The Morgan fingerprint density at radius 2 is 1.50 bits per heavy atom. The summed E-state index contributed by atoms with van der Waals surface area (Å²) in [6.07, 6.45) is 0. The second kappa shape index (κ2) is 8.90. The number of amides is 2. The predicted molar refractivity (Wildman–Crippen MR) is 115 cm³/mol. The summed E-state index contributed by atoms with van der Waals surface area (Å²) < 4.78 is 15.9. The minimum Gasteiger partial charge on any atom is -0.497 e. The molecule has 7 nitrogen and oxygen atoms in total. The molecule has 158 valence electrons. The van der Waals surface area contributed by atoms with E-state index < -0.39 is 0 Å². The molecule has 0 radical (unpaired) electrons. The van der Waals surface area contributed by atoms with E-state index in [9.17, 15) is 9.59 Å². The van der Waals surface area contributed by atoms with Gasteiger partial charge < -0.3 is 19.5 Å². The lowest BCUT2D eigenvalue weighted by Gasteiger charge is -2.18.